The highest BCUT2D eigenvalue weighted by atomic mass is 15.3. The van der Waals surface area contributed by atoms with Crippen LogP contribution in [0.1, 0.15) is 24.7 Å². The summed E-state index contributed by atoms with van der Waals surface area (Å²) < 4.78 is 1.73. The molecule has 0 amide bonds. The maximum absolute atomic E-state index is 4.33. The van der Waals surface area contributed by atoms with E-state index in [4.69, 9.17) is 0 Å². The average molecular weight is 202 g/mol. The third-order valence-electron chi connectivity index (χ3n) is 2.15. The van der Waals surface area contributed by atoms with E-state index in [1.165, 1.54) is 0 Å². The lowest BCUT2D eigenvalue weighted by Crippen LogP contribution is -2.01. The van der Waals surface area contributed by atoms with Crippen LogP contribution in [-0.4, -0.2) is 19.7 Å². The van der Waals surface area contributed by atoms with E-state index in [-0.39, 0.29) is 0 Å². The van der Waals surface area contributed by atoms with Gasteiger partial charge >= 0.3 is 0 Å². The molecular weight excluding hydrogens is 188 g/mol. The number of hydrogen-bond donors (Lipinski definition) is 0. The van der Waals surface area contributed by atoms with Gasteiger partial charge in [0.25, 0.3) is 0 Å². The van der Waals surface area contributed by atoms with Gasteiger partial charge in [-0.25, -0.2) is 9.67 Å². The molecule has 0 unspecified atom stereocenters. The van der Waals surface area contributed by atoms with E-state index in [0.29, 0.717) is 0 Å². The smallest absolute Gasteiger partial charge is 0.171 e. The van der Waals surface area contributed by atoms with Gasteiger partial charge in [0, 0.05) is 6.20 Å². The molecule has 0 aromatic carbocycles. The Kier molecular flexibility index (Phi) is 2.76. The molecule has 0 saturated carbocycles. The van der Waals surface area contributed by atoms with Gasteiger partial charge in [-0.15, -0.1) is 0 Å². The molecule has 15 heavy (non-hydrogen) atoms. The molecule has 2 aromatic rings. The zero-order valence-corrected chi connectivity index (χ0v) is 9.01. The molecule has 2 heterocycles. The van der Waals surface area contributed by atoms with E-state index in [0.717, 1.165) is 30.0 Å². The molecule has 4 heteroatoms. The first-order valence-corrected chi connectivity index (χ1v) is 5.13. The molecule has 0 aliphatic heterocycles. The Morgan fingerprint density at radius 2 is 2.13 bits per heavy atom. The van der Waals surface area contributed by atoms with Gasteiger partial charge < -0.3 is 0 Å². The predicted molar refractivity (Wildman–Crippen MR) is 57.9 cm³/mol. The minimum atomic E-state index is 0.767. The Morgan fingerprint density at radius 3 is 2.67 bits per heavy atom. The lowest BCUT2D eigenvalue weighted by molar-refractivity contribution is 0.804. The summed E-state index contributed by atoms with van der Waals surface area (Å²) in [5, 5.41) is 4.27. The van der Waals surface area contributed by atoms with Crippen molar-refractivity contribution in [3.63, 3.8) is 0 Å². The number of aryl methyl sites for hydroxylation is 2. The second-order valence-corrected chi connectivity index (χ2v) is 3.52. The molecule has 2 rings (SSSR count). The third-order valence-corrected chi connectivity index (χ3v) is 2.15. The molecule has 0 spiro atoms. The number of aromatic nitrogens is 4. The second kappa shape index (κ2) is 4.21. The summed E-state index contributed by atoms with van der Waals surface area (Å²) in [6.45, 7) is 4.09. The Hall–Kier alpha value is -1.71. The van der Waals surface area contributed by atoms with Crippen molar-refractivity contribution in [1.29, 1.82) is 0 Å². The fourth-order valence-electron chi connectivity index (χ4n) is 1.39. The first-order chi connectivity index (χ1) is 7.29. The van der Waals surface area contributed by atoms with E-state index in [1.54, 1.807) is 10.9 Å². The maximum atomic E-state index is 4.33. The molecule has 0 aliphatic rings. The first-order valence-electron chi connectivity index (χ1n) is 5.13. The van der Waals surface area contributed by atoms with Crippen molar-refractivity contribution in [2.24, 2.45) is 0 Å². The van der Waals surface area contributed by atoms with Gasteiger partial charge in [0.05, 0.1) is 23.8 Å². The zero-order chi connectivity index (χ0) is 10.7. The van der Waals surface area contributed by atoms with Crippen molar-refractivity contribution < 1.29 is 0 Å². The minimum Gasteiger partial charge on any atom is -0.256 e. The SMILES string of the molecule is CCCc1cnc(-n2ccc(C)n2)cn1. The molecule has 0 saturated heterocycles. The van der Waals surface area contributed by atoms with Crippen molar-refractivity contribution in [1.82, 2.24) is 19.7 Å². The monoisotopic (exact) mass is 202 g/mol. The Morgan fingerprint density at radius 1 is 1.27 bits per heavy atom. The van der Waals surface area contributed by atoms with Crippen LogP contribution >= 0.6 is 0 Å². The fourth-order valence-corrected chi connectivity index (χ4v) is 1.39. The molecule has 0 atom stereocenters. The zero-order valence-electron chi connectivity index (χ0n) is 9.01. The van der Waals surface area contributed by atoms with Gasteiger partial charge in [-0.05, 0) is 19.4 Å². The van der Waals surface area contributed by atoms with Crippen LogP contribution < -0.4 is 0 Å². The minimum absolute atomic E-state index is 0.767. The molecule has 0 aliphatic carbocycles. The molecule has 0 fully saturated rings. The number of hydrogen-bond acceptors (Lipinski definition) is 3. The first kappa shape index (κ1) is 9.83. The maximum Gasteiger partial charge on any atom is 0.171 e. The summed E-state index contributed by atoms with van der Waals surface area (Å²) in [4.78, 5) is 8.65. The number of rotatable bonds is 3. The van der Waals surface area contributed by atoms with Crippen molar-refractivity contribution in [2.45, 2.75) is 26.7 Å². The van der Waals surface area contributed by atoms with Gasteiger partial charge in [0.2, 0.25) is 0 Å². The summed E-state index contributed by atoms with van der Waals surface area (Å²) >= 11 is 0. The predicted octanol–water partition coefficient (Wildman–Crippen LogP) is 1.92. The third kappa shape index (κ3) is 2.21. The van der Waals surface area contributed by atoms with E-state index < -0.39 is 0 Å². The highest BCUT2D eigenvalue weighted by Gasteiger charge is 2.00. The van der Waals surface area contributed by atoms with Crippen LogP contribution in [0, 0.1) is 6.92 Å². The standard InChI is InChI=1S/C11H14N4/c1-3-4-10-7-13-11(8-12-10)15-6-5-9(2)14-15/h5-8H,3-4H2,1-2H3. The molecule has 78 valence electrons. The van der Waals surface area contributed by atoms with Crippen LogP contribution in [0.2, 0.25) is 0 Å². The molecule has 0 radical (unpaired) electrons. The average Bonchev–Trinajstić information content (AvgIpc) is 2.67. The van der Waals surface area contributed by atoms with Crippen LogP contribution in [0.3, 0.4) is 0 Å². The van der Waals surface area contributed by atoms with Crippen LogP contribution in [-0.2, 0) is 6.42 Å². The van der Waals surface area contributed by atoms with Crippen LogP contribution in [0.5, 0.6) is 0 Å². The van der Waals surface area contributed by atoms with Gasteiger partial charge in [0.15, 0.2) is 5.82 Å². The second-order valence-electron chi connectivity index (χ2n) is 3.52. The van der Waals surface area contributed by atoms with Crippen molar-refractivity contribution >= 4 is 0 Å². The lowest BCUT2D eigenvalue weighted by atomic mass is 10.3. The molecular formula is C11H14N4. The summed E-state index contributed by atoms with van der Waals surface area (Å²) in [6, 6.07) is 1.95. The summed E-state index contributed by atoms with van der Waals surface area (Å²) in [5.41, 5.74) is 2.01. The molecule has 4 nitrogen and oxygen atoms in total. The van der Waals surface area contributed by atoms with E-state index in [9.17, 15) is 0 Å². The van der Waals surface area contributed by atoms with Crippen molar-refractivity contribution in [3.05, 3.63) is 36.0 Å². The molecule has 0 N–H and O–H groups in total. The van der Waals surface area contributed by atoms with E-state index in [1.807, 2.05) is 25.4 Å². The Balaban J connectivity index is 2.23. The van der Waals surface area contributed by atoms with Gasteiger partial charge in [-0.1, -0.05) is 13.3 Å². The summed E-state index contributed by atoms with van der Waals surface area (Å²) in [5.74, 6) is 0.767. The van der Waals surface area contributed by atoms with Crippen LogP contribution in [0.25, 0.3) is 5.82 Å². The number of nitrogens with zero attached hydrogens (tertiary/aromatic N) is 4. The van der Waals surface area contributed by atoms with Gasteiger partial charge in [-0.3, -0.25) is 4.98 Å². The highest BCUT2D eigenvalue weighted by Crippen LogP contribution is 2.04. The van der Waals surface area contributed by atoms with Gasteiger partial charge in [0.1, 0.15) is 0 Å². The quantitative estimate of drug-likeness (QED) is 0.763. The topological polar surface area (TPSA) is 43.6 Å². The lowest BCUT2D eigenvalue weighted by Gasteiger charge is -2.01. The fraction of sp³-hybridized carbons (Fsp3) is 0.364. The molecule has 0 bridgehead atoms. The van der Waals surface area contributed by atoms with E-state index in [2.05, 4.69) is 22.0 Å². The Bertz CT molecular complexity index is 430. The van der Waals surface area contributed by atoms with Gasteiger partial charge in [-0.2, -0.15) is 5.10 Å². The summed E-state index contributed by atoms with van der Waals surface area (Å²) in [6.07, 6.45) is 7.53. The molecule has 2 aromatic heterocycles. The van der Waals surface area contributed by atoms with Crippen LogP contribution in [0.4, 0.5) is 0 Å². The van der Waals surface area contributed by atoms with E-state index >= 15 is 0 Å². The Labute approximate surface area is 89.0 Å². The largest absolute Gasteiger partial charge is 0.256 e. The summed E-state index contributed by atoms with van der Waals surface area (Å²) in [7, 11) is 0. The normalized spacial score (nSPS) is 10.5. The van der Waals surface area contributed by atoms with Crippen LogP contribution in [0.15, 0.2) is 24.7 Å². The van der Waals surface area contributed by atoms with Crippen molar-refractivity contribution in [2.75, 3.05) is 0 Å². The van der Waals surface area contributed by atoms with Crippen molar-refractivity contribution in [3.8, 4) is 5.82 Å². The highest BCUT2D eigenvalue weighted by molar-refractivity contribution is 5.18.